The first-order valence-electron chi connectivity index (χ1n) is 8.38. The summed E-state index contributed by atoms with van der Waals surface area (Å²) in [6.45, 7) is 0.00902. The lowest BCUT2D eigenvalue weighted by Gasteiger charge is -2.11. The molecule has 0 radical (unpaired) electrons. The van der Waals surface area contributed by atoms with Crippen molar-refractivity contribution in [3.8, 4) is 11.5 Å². The Morgan fingerprint density at radius 3 is 2.70 bits per heavy atom. The van der Waals surface area contributed by atoms with Gasteiger partial charge in [-0.1, -0.05) is 11.8 Å². The zero-order valence-electron chi connectivity index (χ0n) is 15.1. The number of carbonyl (C=O) groups is 2. The second-order valence-electron chi connectivity index (χ2n) is 6.07. The van der Waals surface area contributed by atoms with Gasteiger partial charge in [-0.05, 0) is 25.0 Å². The van der Waals surface area contributed by atoms with Crippen LogP contribution in [0.1, 0.15) is 24.6 Å². The summed E-state index contributed by atoms with van der Waals surface area (Å²) in [4.78, 5) is 23.7. The van der Waals surface area contributed by atoms with Gasteiger partial charge in [0.05, 0.1) is 25.7 Å². The molecule has 1 aliphatic carbocycles. The predicted molar refractivity (Wildman–Crippen MR) is 100 cm³/mol. The Morgan fingerprint density at radius 2 is 2.07 bits per heavy atom. The third-order valence-electron chi connectivity index (χ3n) is 4.02. The van der Waals surface area contributed by atoms with Crippen molar-refractivity contribution in [2.45, 2.75) is 30.5 Å². The summed E-state index contributed by atoms with van der Waals surface area (Å²) in [6, 6.07) is 5.13. The summed E-state index contributed by atoms with van der Waals surface area (Å²) < 4.78 is 12.1. The van der Waals surface area contributed by atoms with Crippen LogP contribution >= 0.6 is 11.8 Å². The van der Waals surface area contributed by atoms with Crippen molar-refractivity contribution in [3.63, 3.8) is 0 Å². The fraction of sp³-hybridized carbons (Fsp3) is 0.412. The molecule has 3 rings (SSSR count). The molecule has 0 saturated heterocycles. The van der Waals surface area contributed by atoms with Gasteiger partial charge < -0.3 is 20.5 Å². The highest BCUT2D eigenvalue weighted by atomic mass is 32.2. The Morgan fingerprint density at radius 1 is 1.30 bits per heavy atom. The SMILES string of the molecule is COc1ccc(NC(=O)CSc2nnc(C3CC3)n2CC(N)=O)c(OC)c1. The number of anilines is 1. The van der Waals surface area contributed by atoms with Gasteiger partial charge in [0.1, 0.15) is 23.9 Å². The largest absolute Gasteiger partial charge is 0.497 e. The number of nitrogens with zero attached hydrogens (tertiary/aromatic N) is 3. The summed E-state index contributed by atoms with van der Waals surface area (Å²) in [6.07, 6.45) is 2.05. The summed E-state index contributed by atoms with van der Waals surface area (Å²) in [5, 5.41) is 11.6. The number of carbonyl (C=O) groups excluding carboxylic acids is 2. The van der Waals surface area contributed by atoms with Gasteiger partial charge in [0, 0.05) is 12.0 Å². The van der Waals surface area contributed by atoms with Crippen LogP contribution in [0, 0.1) is 0 Å². The minimum atomic E-state index is -0.467. The number of thioether (sulfide) groups is 1. The van der Waals surface area contributed by atoms with E-state index >= 15 is 0 Å². The number of benzene rings is 1. The van der Waals surface area contributed by atoms with Gasteiger partial charge in [-0.15, -0.1) is 10.2 Å². The van der Waals surface area contributed by atoms with E-state index < -0.39 is 5.91 Å². The molecule has 1 aromatic carbocycles. The number of nitrogens with two attached hydrogens (primary N) is 1. The Bertz CT molecular complexity index is 850. The predicted octanol–water partition coefficient (Wildman–Crippen LogP) is 1.39. The molecular weight excluding hydrogens is 370 g/mol. The number of ether oxygens (including phenoxy) is 2. The number of methoxy groups -OCH3 is 2. The van der Waals surface area contributed by atoms with Crippen LogP contribution in [0.15, 0.2) is 23.4 Å². The maximum atomic E-state index is 12.3. The first kappa shape index (κ1) is 19.0. The molecule has 27 heavy (non-hydrogen) atoms. The minimum absolute atomic E-state index is 0.00902. The number of primary amides is 1. The highest BCUT2D eigenvalue weighted by Crippen LogP contribution is 2.40. The van der Waals surface area contributed by atoms with Gasteiger partial charge in [0.2, 0.25) is 11.8 Å². The van der Waals surface area contributed by atoms with Crippen LogP contribution in [0.3, 0.4) is 0 Å². The van der Waals surface area contributed by atoms with Gasteiger partial charge in [0.25, 0.3) is 0 Å². The van der Waals surface area contributed by atoms with Crippen molar-refractivity contribution >= 4 is 29.3 Å². The van der Waals surface area contributed by atoms with Crippen molar-refractivity contribution in [1.29, 1.82) is 0 Å². The van der Waals surface area contributed by atoms with E-state index in [0.717, 1.165) is 18.7 Å². The van der Waals surface area contributed by atoms with Crippen LogP contribution in [0.2, 0.25) is 0 Å². The van der Waals surface area contributed by atoms with E-state index in [1.165, 1.54) is 18.9 Å². The van der Waals surface area contributed by atoms with E-state index in [9.17, 15) is 9.59 Å². The summed E-state index contributed by atoms with van der Waals surface area (Å²) in [5.41, 5.74) is 5.87. The van der Waals surface area contributed by atoms with Crippen molar-refractivity contribution in [1.82, 2.24) is 14.8 Å². The quantitative estimate of drug-likeness (QED) is 0.620. The van der Waals surface area contributed by atoms with Gasteiger partial charge >= 0.3 is 0 Å². The van der Waals surface area contributed by atoms with Crippen molar-refractivity contribution in [2.75, 3.05) is 25.3 Å². The molecule has 9 nitrogen and oxygen atoms in total. The van der Waals surface area contributed by atoms with E-state index in [2.05, 4.69) is 15.5 Å². The molecular formula is C17H21N5O4S. The lowest BCUT2D eigenvalue weighted by molar-refractivity contribution is -0.118. The first-order chi connectivity index (χ1) is 13.0. The topological polar surface area (TPSA) is 121 Å². The number of hydrogen-bond acceptors (Lipinski definition) is 7. The standard InChI is InChI=1S/C17H21N5O4S/c1-25-11-5-6-12(13(7-11)26-2)19-15(24)9-27-17-21-20-16(10-3-4-10)22(17)8-14(18)23/h5-7,10H,3-4,8-9H2,1-2H3,(H2,18,23)(H,19,24). The third-order valence-corrected chi connectivity index (χ3v) is 4.98. The zero-order valence-corrected chi connectivity index (χ0v) is 15.9. The van der Waals surface area contributed by atoms with Crippen molar-refractivity contribution in [2.24, 2.45) is 5.73 Å². The monoisotopic (exact) mass is 391 g/mol. The third kappa shape index (κ3) is 4.70. The number of aromatic nitrogens is 3. The molecule has 1 heterocycles. The Hall–Kier alpha value is -2.75. The van der Waals surface area contributed by atoms with Crippen LogP contribution in [0.4, 0.5) is 5.69 Å². The molecule has 3 N–H and O–H groups in total. The molecule has 0 atom stereocenters. The highest BCUT2D eigenvalue weighted by Gasteiger charge is 2.31. The number of hydrogen-bond donors (Lipinski definition) is 2. The van der Waals surface area contributed by atoms with E-state index in [0.29, 0.717) is 28.3 Å². The minimum Gasteiger partial charge on any atom is -0.497 e. The molecule has 2 aromatic rings. The molecule has 1 aliphatic rings. The molecule has 144 valence electrons. The molecule has 1 aromatic heterocycles. The van der Waals surface area contributed by atoms with E-state index in [1.54, 1.807) is 29.9 Å². The van der Waals surface area contributed by atoms with Crippen LogP contribution in [-0.4, -0.2) is 46.6 Å². The number of nitrogens with one attached hydrogen (secondary N) is 1. The van der Waals surface area contributed by atoms with Crippen LogP contribution in [0.25, 0.3) is 0 Å². The van der Waals surface area contributed by atoms with Crippen LogP contribution in [0.5, 0.6) is 11.5 Å². The fourth-order valence-corrected chi connectivity index (χ4v) is 3.32. The maximum absolute atomic E-state index is 12.3. The maximum Gasteiger partial charge on any atom is 0.237 e. The molecule has 0 aliphatic heterocycles. The summed E-state index contributed by atoms with van der Waals surface area (Å²) in [7, 11) is 3.08. The lowest BCUT2D eigenvalue weighted by Crippen LogP contribution is -2.21. The normalized spacial score (nSPS) is 13.3. The molecule has 0 unspecified atom stereocenters. The van der Waals surface area contributed by atoms with E-state index in [4.69, 9.17) is 15.2 Å². The highest BCUT2D eigenvalue weighted by molar-refractivity contribution is 7.99. The number of amides is 2. The second kappa shape index (κ2) is 8.30. The van der Waals surface area contributed by atoms with Gasteiger partial charge in [-0.25, -0.2) is 0 Å². The second-order valence-corrected chi connectivity index (χ2v) is 7.01. The summed E-state index contributed by atoms with van der Waals surface area (Å²) in [5.74, 6) is 1.62. The number of rotatable bonds is 9. The van der Waals surface area contributed by atoms with Crippen LogP contribution < -0.4 is 20.5 Å². The van der Waals surface area contributed by atoms with Gasteiger partial charge in [-0.3, -0.25) is 14.2 Å². The Balaban J connectivity index is 1.65. The summed E-state index contributed by atoms with van der Waals surface area (Å²) >= 11 is 1.21. The van der Waals surface area contributed by atoms with Crippen LogP contribution in [-0.2, 0) is 16.1 Å². The zero-order chi connectivity index (χ0) is 19.4. The average molecular weight is 391 g/mol. The Labute approximate surface area is 160 Å². The Kier molecular flexibility index (Phi) is 5.84. The van der Waals surface area contributed by atoms with E-state index in [1.807, 2.05) is 0 Å². The van der Waals surface area contributed by atoms with Gasteiger partial charge in [-0.2, -0.15) is 0 Å². The first-order valence-corrected chi connectivity index (χ1v) is 9.36. The fourth-order valence-electron chi connectivity index (χ4n) is 2.57. The van der Waals surface area contributed by atoms with Crippen molar-refractivity contribution < 1.29 is 19.1 Å². The molecule has 10 heteroatoms. The lowest BCUT2D eigenvalue weighted by atomic mass is 10.2. The molecule has 2 amide bonds. The smallest absolute Gasteiger partial charge is 0.237 e. The van der Waals surface area contributed by atoms with Gasteiger partial charge in [0.15, 0.2) is 5.16 Å². The molecule has 1 fully saturated rings. The molecule has 0 spiro atoms. The van der Waals surface area contributed by atoms with E-state index in [-0.39, 0.29) is 18.2 Å². The molecule has 0 bridgehead atoms. The molecule has 1 saturated carbocycles. The average Bonchev–Trinajstić information content (AvgIpc) is 3.42. The van der Waals surface area contributed by atoms with Crippen molar-refractivity contribution in [3.05, 3.63) is 24.0 Å².